The Morgan fingerprint density at radius 3 is 2.32 bits per heavy atom. The zero-order chi connectivity index (χ0) is 13.7. The third-order valence-corrected chi connectivity index (χ3v) is 4.41. The zero-order valence-corrected chi connectivity index (χ0v) is 12.5. The molecule has 2 rings (SSSR count). The lowest BCUT2D eigenvalue weighted by Crippen LogP contribution is -2.27. The molecule has 0 bridgehead atoms. The topological polar surface area (TPSA) is 39.7 Å². The van der Waals surface area contributed by atoms with Crippen molar-refractivity contribution < 1.29 is 14.2 Å². The molecule has 1 saturated heterocycles. The van der Waals surface area contributed by atoms with Gasteiger partial charge >= 0.3 is 0 Å². The highest BCUT2D eigenvalue weighted by molar-refractivity contribution is 7.99. The summed E-state index contributed by atoms with van der Waals surface area (Å²) in [6.45, 7) is 0.821. The van der Waals surface area contributed by atoms with Gasteiger partial charge in [0.2, 0.25) is 5.75 Å². The van der Waals surface area contributed by atoms with Crippen LogP contribution < -0.4 is 19.5 Å². The van der Waals surface area contributed by atoms with Gasteiger partial charge in [0.1, 0.15) is 0 Å². The molecule has 19 heavy (non-hydrogen) atoms. The number of hydrogen-bond donors (Lipinski definition) is 1. The minimum Gasteiger partial charge on any atom is -0.493 e. The monoisotopic (exact) mass is 283 g/mol. The van der Waals surface area contributed by atoms with Crippen LogP contribution in [0.2, 0.25) is 0 Å². The Balaban J connectivity index is 2.11. The molecule has 1 atom stereocenters. The number of methoxy groups -OCH3 is 3. The van der Waals surface area contributed by atoms with Gasteiger partial charge in [0.25, 0.3) is 0 Å². The van der Waals surface area contributed by atoms with Crippen LogP contribution in [0.15, 0.2) is 12.1 Å². The van der Waals surface area contributed by atoms with Crippen molar-refractivity contribution in [3.8, 4) is 17.2 Å². The fourth-order valence-electron chi connectivity index (χ4n) is 2.20. The lowest BCUT2D eigenvalue weighted by atomic mass is 10.1. The van der Waals surface area contributed by atoms with Gasteiger partial charge in [-0.2, -0.15) is 11.8 Å². The Hall–Kier alpha value is -1.07. The van der Waals surface area contributed by atoms with E-state index in [1.165, 1.54) is 17.9 Å². The Bertz CT molecular complexity index is 394. The fraction of sp³-hybridized carbons (Fsp3) is 0.571. The van der Waals surface area contributed by atoms with E-state index in [1.54, 1.807) is 21.3 Å². The van der Waals surface area contributed by atoms with Crippen LogP contribution >= 0.6 is 11.8 Å². The van der Waals surface area contributed by atoms with Crippen LogP contribution in [-0.2, 0) is 6.54 Å². The smallest absolute Gasteiger partial charge is 0.203 e. The number of rotatable bonds is 6. The average molecular weight is 283 g/mol. The van der Waals surface area contributed by atoms with Crippen LogP contribution in [0, 0.1) is 0 Å². The number of ether oxygens (including phenoxy) is 3. The van der Waals surface area contributed by atoms with Crippen LogP contribution in [0.5, 0.6) is 17.2 Å². The van der Waals surface area contributed by atoms with Gasteiger partial charge in [0.05, 0.1) is 21.3 Å². The van der Waals surface area contributed by atoms with Crippen molar-refractivity contribution in [2.75, 3.05) is 32.8 Å². The van der Waals surface area contributed by atoms with Crippen molar-refractivity contribution >= 4 is 11.8 Å². The van der Waals surface area contributed by atoms with Crippen molar-refractivity contribution in [2.45, 2.75) is 19.0 Å². The predicted molar refractivity (Wildman–Crippen MR) is 78.7 cm³/mol. The minimum absolute atomic E-state index is 0.615. The maximum Gasteiger partial charge on any atom is 0.203 e. The van der Waals surface area contributed by atoms with Gasteiger partial charge in [0.15, 0.2) is 11.5 Å². The Labute approximate surface area is 118 Å². The molecule has 0 aromatic heterocycles. The summed E-state index contributed by atoms with van der Waals surface area (Å²) in [4.78, 5) is 0. The molecule has 1 aliphatic heterocycles. The summed E-state index contributed by atoms with van der Waals surface area (Å²) in [6, 6.07) is 4.61. The summed E-state index contributed by atoms with van der Waals surface area (Å²) >= 11 is 2.01. The van der Waals surface area contributed by atoms with E-state index in [9.17, 15) is 0 Å². The van der Waals surface area contributed by atoms with Gasteiger partial charge in [0, 0.05) is 18.3 Å². The van der Waals surface area contributed by atoms with Crippen molar-refractivity contribution in [1.29, 1.82) is 0 Å². The normalized spacial score (nSPS) is 18.4. The molecule has 0 radical (unpaired) electrons. The van der Waals surface area contributed by atoms with Crippen LogP contribution in [0.25, 0.3) is 0 Å². The molecule has 0 aliphatic carbocycles. The Kier molecular flexibility index (Phi) is 5.22. The first kappa shape index (κ1) is 14.3. The van der Waals surface area contributed by atoms with Crippen molar-refractivity contribution in [3.63, 3.8) is 0 Å². The summed E-state index contributed by atoms with van der Waals surface area (Å²) in [5, 5.41) is 3.57. The summed E-state index contributed by atoms with van der Waals surface area (Å²) in [7, 11) is 4.90. The molecule has 1 fully saturated rings. The fourth-order valence-corrected chi connectivity index (χ4v) is 3.38. The van der Waals surface area contributed by atoms with E-state index in [0.717, 1.165) is 12.1 Å². The van der Waals surface area contributed by atoms with Crippen molar-refractivity contribution in [3.05, 3.63) is 17.7 Å². The first-order valence-corrected chi connectivity index (χ1v) is 7.54. The standard InChI is InChI=1S/C14H21NO3S/c1-16-12-6-10(7-13(17-2)14(12)18-3)8-15-11-4-5-19-9-11/h6-7,11,15H,4-5,8-9H2,1-3H3. The van der Waals surface area contributed by atoms with E-state index >= 15 is 0 Å². The number of benzene rings is 1. The van der Waals surface area contributed by atoms with E-state index in [2.05, 4.69) is 5.32 Å². The van der Waals surface area contributed by atoms with Crippen molar-refractivity contribution in [2.24, 2.45) is 0 Å². The number of thioether (sulfide) groups is 1. The molecule has 0 saturated carbocycles. The van der Waals surface area contributed by atoms with E-state index < -0.39 is 0 Å². The largest absolute Gasteiger partial charge is 0.493 e. The second-order valence-electron chi connectivity index (χ2n) is 4.48. The number of hydrogen-bond acceptors (Lipinski definition) is 5. The minimum atomic E-state index is 0.615. The second-order valence-corrected chi connectivity index (χ2v) is 5.62. The van der Waals surface area contributed by atoms with Gasteiger partial charge in [-0.15, -0.1) is 0 Å². The molecule has 5 heteroatoms. The van der Waals surface area contributed by atoms with E-state index in [4.69, 9.17) is 14.2 Å². The Morgan fingerprint density at radius 1 is 1.16 bits per heavy atom. The molecule has 1 aromatic rings. The molecule has 106 valence electrons. The molecular weight excluding hydrogens is 262 g/mol. The second kappa shape index (κ2) is 6.91. The predicted octanol–water partition coefficient (Wildman–Crippen LogP) is 2.31. The summed E-state index contributed by atoms with van der Waals surface area (Å²) in [5.41, 5.74) is 1.14. The molecule has 1 aromatic carbocycles. The van der Waals surface area contributed by atoms with Crippen LogP contribution in [0.4, 0.5) is 0 Å². The quantitative estimate of drug-likeness (QED) is 0.867. The molecule has 1 N–H and O–H groups in total. The lowest BCUT2D eigenvalue weighted by Gasteiger charge is -2.16. The highest BCUT2D eigenvalue weighted by Gasteiger charge is 2.16. The van der Waals surface area contributed by atoms with Gasteiger partial charge in [-0.1, -0.05) is 0 Å². The van der Waals surface area contributed by atoms with E-state index in [-0.39, 0.29) is 0 Å². The maximum absolute atomic E-state index is 5.35. The van der Waals surface area contributed by atoms with Gasteiger partial charge < -0.3 is 19.5 Å². The molecule has 4 nitrogen and oxygen atoms in total. The van der Waals surface area contributed by atoms with E-state index in [1.807, 2.05) is 23.9 Å². The molecular formula is C14H21NO3S. The molecule has 0 spiro atoms. The molecule has 1 heterocycles. The third-order valence-electron chi connectivity index (χ3n) is 3.25. The first-order chi connectivity index (χ1) is 9.28. The molecule has 1 unspecified atom stereocenters. The van der Waals surface area contributed by atoms with Crippen molar-refractivity contribution in [1.82, 2.24) is 5.32 Å². The van der Waals surface area contributed by atoms with Crippen LogP contribution in [-0.4, -0.2) is 38.9 Å². The first-order valence-electron chi connectivity index (χ1n) is 6.38. The van der Waals surface area contributed by atoms with Gasteiger partial charge in [-0.25, -0.2) is 0 Å². The van der Waals surface area contributed by atoms with Gasteiger partial charge in [-0.05, 0) is 29.9 Å². The average Bonchev–Trinajstić information content (AvgIpc) is 2.97. The van der Waals surface area contributed by atoms with Crippen LogP contribution in [0.3, 0.4) is 0 Å². The SMILES string of the molecule is COc1cc(CNC2CCSC2)cc(OC)c1OC. The summed E-state index contributed by atoms with van der Waals surface area (Å²) in [6.07, 6.45) is 1.25. The highest BCUT2D eigenvalue weighted by atomic mass is 32.2. The lowest BCUT2D eigenvalue weighted by molar-refractivity contribution is 0.323. The summed E-state index contributed by atoms with van der Waals surface area (Å²) in [5.74, 6) is 4.52. The Morgan fingerprint density at radius 2 is 1.84 bits per heavy atom. The van der Waals surface area contributed by atoms with Gasteiger partial charge in [-0.3, -0.25) is 0 Å². The highest BCUT2D eigenvalue weighted by Crippen LogP contribution is 2.38. The molecule has 1 aliphatic rings. The summed E-state index contributed by atoms with van der Waals surface area (Å²) < 4.78 is 16.0. The molecule has 0 amide bonds. The third kappa shape index (κ3) is 3.48. The number of nitrogens with one attached hydrogen (secondary N) is 1. The zero-order valence-electron chi connectivity index (χ0n) is 11.7. The van der Waals surface area contributed by atoms with E-state index in [0.29, 0.717) is 23.3 Å². The van der Waals surface area contributed by atoms with Crippen LogP contribution in [0.1, 0.15) is 12.0 Å². The maximum atomic E-state index is 5.35.